The highest BCUT2D eigenvalue weighted by Crippen LogP contribution is 2.18. The van der Waals surface area contributed by atoms with Crippen LogP contribution in [0.3, 0.4) is 0 Å². The molecular weight excluding hydrogens is 178 g/mol. The quantitative estimate of drug-likeness (QED) is 0.687. The molecule has 0 fully saturated rings. The van der Waals surface area contributed by atoms with Crippen molar-refractivity contribution in [3.8, 4) is 17.3 Å². The highest BCUT2D eigenvalue weighted by molar-refractivity contribution is 5.59. The molecule has 0 amide bonds. The van der Waals surface area contributed by atoms with Crippen molar-refractivity contribution in [3.63, 3.8) is 0 Å². The second kappa shape index (κ2) is 3.23. The summed E-state index contributed by atoms with van der Waals surface area (Å²) in [6.45, 7) is 0. The van der Waals surface area contributed by atoms with Gasteiger partial charge in [0.2, 0.25) is 5.82 Å². The van der Waals surface area contributed by atoms with E-state index >= 15 is 0 Å². The lowest BCUT2D eigenvalue weighted by atomic mass is 10.2. The highest BCUT2D eigenvalue weighted by atomic mass is 16.5. The first-order valence-electron chi connectivity index (χ1n) is 4.05. The first-order chi connectivity index (χ1) is 6.83. The zero-order valence-electron chi connectivity index (χ0n) is 7.25. The van der Waals surface area contributed by atoms with E-state index in [1.165, 1.54) is 6.20 Å². The largest absolute Gasteiger partial charge is 0.426 e. The van der Waals surface area contributed by atoms with Crippen molar-refractivity contribution in [3.05, 3.63) is 42.4 Å². The predicted molar refractivity (Wildman–Crippen MR) is 49.6 cm³/mol. The average Bonchev–Trinajstić information content (AvgIpc) is 2.61. The molecule has 1 aromatic heterocycles. The van der Waals surface area contributed by atoms with E-state index in [4.69, 9.17) is 5.26 Å². The third-order valence-electron chi connectivity index (χ3n) is 1.91. The molecule has 4 nitrogen and oxygen atoms in total. The van der Waals surface area contributed by atoms with Crippen molar-refractivity contribution < 1.29 is 5.21 Å². The lowest BCUT2D eigenvalue weighted by Gasteiger charge is -1.99. The van der Waals surface area contributed by atoms with Crippen LogP contribution in [0.5, 0.6) is 0 Å². The van der Waals surface area contributed by atoms with E-state index in [2.05, 4.69) is 4.98 Å². The maximum absolute atomic E-state index is 9.51. The van der Waals surface area contributed by atoms with Crippen LogP contribution in [0.25, 0.3) is 11.3 Å². The minimum absolute atomic E-state index is 0.0103. The fourth-order valence-corrected chi connectivity index (χ4v) is 1.23. The van der Waals surface area contributed by atoms with Crippen LogP contribution in [0.15, 0.2) is 36.5 Å². The van der Waals surface area contributed by atoms with E-state index in [9.17, 15) is 5.21 Å². The van der Waals surface area contributed by atoms with Gasteiger partial charge in [0.25, 0.3) is 0 Å². The Hall–Kier alpha value is -2.28. The molecule has 0 saturated carbocycles. The third kappa shape index (κ3) is 1.21. The Morgan fingerprint density at radius 1 is 1.29 bits per heavy atom. The smallest absolute Gasteiger partial charge is 0.246 e. The number of rotatable bonds is 1. The predicted octanol–water partition coefficient (Wildman–Crippen LogP) is 1.66. The summed E-state index contributed by atoms with van der Waals surface area (Å²) in [5, 5.41) is 18.1. The molecule has 2 aromatic rings. The van der Waals surface area contributed by atoms with Gasteiger partial charge in [-0.15, -0.1) is 0 Å². The highest BCUT2D eigenvalue weighted by Gasteiger charge is 2.08. The van der Waals surface area contributed by atoms with E-state index in [0.29, 0.717) is 5.69 Å². The fraction of sp³-hybridized carbons (Fsp3) is 0. The van der Waals surface area contributed by atoms with Gasteiger partial charge in [0.05, 0.1) is 6.20 Å². The minimum Gasteiger partial charge on any atom is -0.426 e. The van der Waals surface area contributed by atoms with Crippen LogP contribution in [0.2, 0.25) is 0 Å². The Kier molecular flexibility index (Phi) is 1.92. The van der Waals surface area contributed by atoms with Gasteiger partial charge in [-0.1, -0.05) is 30.3 Å². The van der Waals surface area contributed by atoms with Gasteiger partial charge in [-0.25, -0.2) is 4.98 Å². The number of nitriles is 1. The molecule has 68 valence electrons. The zero-order chi connectivity index (χ0) is 9.97. The first kappa shape index (κ1) is 8.32. The Bertz CT molecular complexity index is 482. The fourth-order valence-electron chi connectivity index (χ4n) is 1.23. The Morgan fingerprint density at radius 3 is 2.57 bits per heavy atom. The Labute approximate surface area is 80.6 Å². The van der Waals surface area contributed by atoms with Crippen LogP contribution in [-0.4, -0.2) is 14.9 Å². The van der Waals surface area contributed by atoms with Gasteiger partial charge in [-0.05, 0) is 0 Å². The lowest BCUT2D eigenvalue weighted by molar-refractivity contribution is 0.187. The summed E-state index contributed by atoms with van der Waals surface area (Å²) in [5.74, 6) is -0.0103. The van der Waals surface area contributed by atoms with Crippen molar-refractivity contribution in [1.29, 1.82) is 5.26 Å². The van der Waals surface area contributed by atoms with Crippen LogP contribution in [0, 0.1) is 11.3 Å². The second-order valence-electron chi connectivity index (χ2n) is 2.76. The van der Waals surface area contributed by atoms with Crippen molar-refractivity contribution in [2.75, 3.05) is 0 Å². The first-order valence-corrected chi connectivity index (χ1v) is 4.05. The summed E-state index contributed by atoms with van der Waals surface area (Å²) in [6.07, 6.45) is 1.47. The third-order valence-corrected chi connectivity index (χ3v) is 1.91. The van der Waals surface area contributed by atoms with Crippen molar-refractivity contribution in [1.82, 2.24) is 9.71 Å². The summed E-state index contributed by atoms with van der Waals surface area (Å²) in [4.78, 5) is 3.76. The molecular formula is C10H7N3O. The van der Waals surface area contributed by atoms with Gasteiger partial charge in [0.15, 0.2) is 0 Å². The molecule has 4 heteroatoms. The summed E-state index contributed by atoms with van der Waals surface area (Å²) < 4.78 is 0.787. The monoisotopic (exact) mass is 185 g/mol. The van der Waals surface area contributed by atoms with Crippen LogP contribution in [-0.2, 0) is 0 Å². The van der Waals surface area contributed by atoms with Crippen LogP contribution < -0.4 is 0 Å². The molecule has 0 radical (unpaired) electrons. The van der Waals surface area contributed by atoms with E-state index in [-0.39, 0.29) is 5.82 Å². The van der Waals surface area contributed by atoms with Gasteiger partial charge >= 0.3 is 0 Å². The second-order valence-corrected chi connectivity index (χ2v) is 2.76. The van der Waals surface area contributed by atoms with Crippen LogP contribution in [0.4, 0.5) is 0 Å². The molecule has 2 rings (SSSR count). The van der Waals surface area contributed by atoms with Crippen LogP contribution >= 0.6 is 0 Å². The van der Waals surface area contributed by atoms with E-state index in [1.807, 2.05) is 30.3 Å². The maximum Gasteiger partial charge on any atom is 0.246 e. The van der Waals surface area contributed by atoms with Gasteiger partial charge in [0.1, 0.15) is 11.8 Å². The molecule has 14 heavy (non-hydrogen) atoms. The van der Waals surface area contributed by atoms with E-state index in [0.717, 1.165) is 10.3 Å². The van der Waals surface area contributed by atoms with Crippen LogP contribution in [0.1, 0.15) is 5.82 Å². The van der Waals surface area contributed by atoms with E-state index in [1.54, 1.807) is 6.07 Å². The molecule has 0 spiro atoms. The van der Waals surface area contributed by atoms with Gasteiger partial charge in [-0.2, -0.15) is 9.99 Å². The molecule has 0 bridgehead atoms. The van der Waals surface area contributed by atoms with Gasteiger partial charge in [-0.3, -0.25) is 0 Å². The average molecular weight is 185 g/mol. The molecule has 1 heterocycles. The zero-order valence-corrected chi connectivity index (χ0v) is 7.25. The maximum atomic E-state index is 9.51. The molecule has 1 aromatic carbocycles. The number of imidazole rings is 1. The summed E-state index contributed by atoms with van der Waals surface area (Å²) in [6, 6.07) is 11.1. The van der Waals surface area contributed by atoms with Crippen molar-refractivity contribution >= 4 is 0 Å². The molecule has 0 atom stereocenters. The van der Waals surface area contributed by atoms with Crippen molar-refractivity contribution in [2.45, 2.75) is 0 Å². The summed E-state index contributed by atoms with van der Waals surface area (Å²) >= 11 is 0. The molecule has 0 saturated heterocycles. The number of aromatic nitrogens is 2. The van der Waals surface area contributed by atoms with E-state index < -0.39 is 0 Å². The number of benzene rings is 1. The van der Waals surface area contributed by atoms with Gasteiger partial charge in [0, 0.05) is 5.56 Å². The minimum atomic E-state index is -0.0103. The summed E-state index contributed by atoms with van der Waals surface area (Å²) in [7, 11) is 0. The SMILES string of the molecule is N#Cc1ncc(-c2ccccc2)n1O. The molecule has 0 aliphatic carbocycles. The Balaban J connectivity index is 2.54. The lowest BCUT2D eigenvalue weighted by Crippen LogP contribution is -1.96. The van der Waals surface area contributed by atoms with Crippen molar-refractivity contribution in [2.24, 2.45) is 0 Å². The standard InChI is InChI=1S/C10H7N3O/c11-6-10-12-7-9(13(10)14)8-4-2-1-3-5-8/h1-5,7,14H. The topological polar surface area (TPSA) is 61.8 Å². The van der Waals surface area contributed by atoms with Gasteiger partial charge < -0.3 is 5.21 Å². The number of nitrogens with zero attached hydrogens (tertiary/aromatic N) is 3. The number of hydrogen-bond donors (Lipinski definition) is 1. The molecule has 0 aliphatic heterocycles. The molecule has 0 unspecified atom stereocenters. The molecule has 1 N–H and O–H groups in total. The normalized spacial score (nSPS) is 9.64. The summed E-state index contributed by atoms with van der Waals surface area (Å²) in [5.41, 5.74) is 1.34. The Morgan fingerprint density at radius 2 is 2.00 bits per heavy atom. The number of hydrogen-bond acceptors (Lipinski definition) is 3. The molecule has 0 aliphatic rings.